The molecule has 0 bridgehead atoms. The zero-order valence-corrected chi connectivity index (χ0v) is 15.6. The van der Waals surface area contributed by atoms with Crippen LogP contribution in [-0.4, -0.2) is 28.0 Å². The summed E-state index contributed by atoms with van der Waals surface area (Å²) in [6, 6.07) is 14.9. The molecular weight excluding hydrogens is 376 g/mol. The van der Waals surface area contributed by atoms with E-state index in [-0.39, 0.29) is 0 Å². The van der Waals surface area contributed by atoms with Crippen LogP contribution < -0.4 is 5.32 Å². The maximum absolute atomic E-state index is 11.8. The number of carbonyl (C=O) groups is 1. The number of benzene rings is 2. The molecule has 0 saturated carbocycles. The van der Waals surface area contributed by atoms with Gasteiger partial charge in [-0.15, -0.1) is 0 Å². The van der Waals surface area contributed by atoms with Crippen LogP contribution >= 0.6 is 11.6 Å². The third kappa shape index (κ3) is 3.63. The molecule has 2 aromatic carbocycles. The largest absolute Gasteiger partial charge is 0.465 e. The highest BCUT2D eigenvalue weighted by atomic mass is 35.5. The van der Waals surface area contributed by atoms with Crippen LogP contribution in [0.1, 0.15) is 10.4 Å². The summed E-state index contributed by atoms with van der Waals surface area (Å²) >= 11 is 6.07. The van der Waals surface area contributed by atoms with Gasteiger partial charge in [-0.3, -0.25) is 4.98 Å². The van der Waals surface area contributed by atoms with Crippen molar-refractivity contribution in [1.29, 1.82) is 0 Å². The first-order chi connectivity index (χ1) is 13.6. The second-order valence-electron chi connectivity index (χ2n) is 6.04. The quantitative estimate of drug-likeness (QED) is 0.500. The third-order valence-electron chi connectivity index (χ3n) is 4.22. The van der Waals surface area contributed by atoms with Gasteiger partial charge in [0.15, 0.2) is 0 Å². The molecule has 4 rings (SSSR count). The van der Waals surface area contributed by atoms with Gasteiger partial charge in [0.05, 0.1) is 18.2 Å². The van der Waals surface area contributed by atoms with Crippen LogP contribution in [0.3, 0.4) is 0 Å². The number of carbonyl (C=O) groups excluding carboxylic acids is 1. The van der Waals surface area contributed by atoms with Crippen molar-refractivity contribution in [3.05, 3.63) is 77.8 Å². The molecule has 138 valence electrons. The highest BCUT2D eigenvalue weighted by Gasteiger charge is 2.10. The van der Waals surface area contributed by atoms with Gasteiger partial charge in [-0.25, -0.2) is 14.8 Å². The Kier molecular flexibility index (Phi) is 4.87. The van der Waals surface area contributed by atoms with E-state index in [1.54, 1.807) is 12.3 Å². The Morgan fingerprint density at radius 1 is 1.04 bits per heavy atom. The topological polar surface area (TPSA) is 77.0 Å². The number of pyridine rings is 1. The molecular formula is C21H15ClN4O2. The average Bonchev–Trinajstić information content (AvgIpc) is 2.73. The van der Waals surface area contributed by atoms with E-state index < -0.39 is 5.97 Å². The summed E-state index contributed by atoms with van der Waals surface area (Å²) in [5, 5.41) is 4.75. The molecule has 0 aliphatic heterocycles. The normalized spacial score (nSPS) is 10.6. The van der Waals surface area contributed by atoms with Gasteiger partial charge in [-0.2, -0.15) is 0 Å². The van der Waals surface area contributed by atoms with E-state index in [1.807, 2.05) is 42.5 Å². The molecule has 0 spiro atoms. The van der Waals surface area contributed by atoms with Crippen LogP contribution in [0.2, 0.25) is 5.02 Å². The van der Waals surface area contributed by atoms with Crippen molar-refractivity contribution in [3.8, 4) is 11.1 Å². The lowest BCUT2D eigenvalue weighted by molar-refractivity contribution is 0.0600. The van der Waals surface area contributed by atoms with Crippen LogP contribution in [0.5, 0.6) is 0 Å². The van der Waals surface area contributed by atoms with Crippen molar-refractivity contribution in [2.24, 2.45) is 0 Å². The molecule has 0 atom stereocenters. The van der Waals surface area contributed by atoms with E-state index >= 15 is 0 Å². The summed E-state index contributed by atoms with van der Waals surface area (Å²) in [6.07, 6.45) is 4.68. The summed E-state index contributed by atoms with van der Waals surface area (Å²) < 4.78 is 4.77. The van der Waals surface area contributed by atoms with Crippen LogP contribution in [0.15, 0.2) is 67.3 Å². The Morgan fingerprint density at radius 3 is 2.75 bits per heavy atom. The van der Waals surface area contributed by atoms with Gasteiger partial charge in [0.2, 0.25) is 0 Å². The van der Waals surface area contributed by atoms with Gasteiger partial charge >= 0.3 is 5.97 Å². The van der Waals surface area contributed by atoms with E-state index in [4.69, 9.17) is 16.3 Å². The fourth-order valence-corrected chi connectivity index (χ4v) is 3.06. The second-order valence-corrected chi connectivity index (χ2v) is 6.48. The first-order valence-corrected chi connectivity index (χ1v) is 8.83. The van der Waals surface area contributed by atoms with Gasteiger partial charge in [-0.1, -0.05) is 23.7 Å². The van der Waals surface area contributed by atoms with E-state index in [2.05, 4.69) is 20.3 Å². The maximum Gasteiger partial charge on any atom is 0.339 e. The van der Waals surface area contributed by atoms with Crippen LogP contribution in [0, 0.1) is 0 Å². The van der Waals surface area contributed by atoms with E-state index in [1.165, 1.54) is 19.6 Å². The smallest absolute Gasteiger partial charge is 0.339 e. The van der Waals surface area contributed by atoms with Crippen LogP contribution in [-0.2, 0) is 4.74 Å². The molecule has 4 aromatic rings. The highest BCUT2D eigenvalue weighted by Crippen LogP contribution is 2.29. The number of methoxy groups -OCH3 is 1. The lowest BCUT2D eigenvalue weighted by atomic mass is 10.0. The Labute approximate surface area is 166 Å². The molecule has 0 aliphatic carbocycles. The first-order valence-electron chi connectivity index (χ1n) is 8.45. The number of rotatable bonds is 4. The first kappa shape index (κ1) is 17.9. The van der Waals surface area contributed by atoms with Gasteiger partial charge < -0.3 is 10.1 Å². The van der Waals surface area contributed by atoms with Gasteiger partial charge in [0.25, 0.3) is 0 Å². The van der Waals surface area contributed by atoms with Crippen molar-refractivity contribution in [3.63, 3.8) is 0 Å². The second kappa shape index (κ2) is 7.62. The Hall–Kier alpha value is -3.51. The summed E-state index contributed by atoms with van der Waals surface area (Å²) in [4.78, 5) is 24.6. The number of anilines is 2. The Morgan fingerprint density at radius 2 is 1.93 bits per heavy atom. The van der Waals surface area contributed by atoms with Crippen molar-refractivity contribution in [2.75, 3.05) is 12.4 Å². The number of esters is 1. The Bertz CT molecular complexity index is 1180. The number of fused-ring (bicyclic) bond motifs is 1. The predicted molar refractivity (Wildman–Crippen MR) is 109 cm³/mol. The minimum Gasteiger partial charge on any atom is -0.465 e. The van der Waals surface area contributed by atoms with E-state index in [0.717, 1.165) is 27.7 Å². The third-order valence-corrected chi connectivity index (χ3v) is 4.45. The SMILES string of the molecule is COC(=O)c1cncc(-c2ccc3ncnc(Nc4cccc(Cl)c4)c3c2)c1. The lowest BCUT2D eigenvalue weighted by Crippen LogP contribution is -2.01. The van der Waals surface area contributed by atoms with Crippen molar-refractivity contribution < 1.29 is 9.53 Å². The maximum atomic E-state index is 11.8. The van der Waals surface area contributed by atoms with Crippen LogP contribution in [0.4, 0.5) is 11.5 Å². The number of hydrogen-bond acceptors (Lipinski definition) is 6. The molecule has 1 N–H and O–H groups in total. The fraction of sp³-hybridized carbons (Fsp3) is 0.0476. The molecule has 7 heteroatoms. The predicted octanol–water partition coefficient (Wildman–Crippen LogP) is 4.88. The lowest BCUT2D eigenvalue weighted by Gasteiger charge is -2.10. The number of nitrogens with one attached hydrogen (secondary N) is 1. The van der Waals surface area contributed by atoms with Crippen LogP contribution in [0.25, 0.3) is 22.0 Å². The summed E-state index contributed by atoms with van der Waals surface area (Å²) in [6.45, 7) is 0. The molecule has 2 aromatic heterocycles. The molecule has 28 heavy (non-hydrogen) atoms. The molecule has 2 heterocycles. The number of hydrogen-bond donors (Lipinski definition) is 1. The summed E-state index contributed by atoms with van der Waals surface area (Å²) in [5.41, 5.74) is 3.69. The average molecular weight is 391 g/mol. The zero-order chi connectivity index (χ0) is 19.5. The fourth-order valence-electron chi connectivity index (χ4n) is 2.87. The molecule has 0 saturated heterocycles. The molecule has 0 amide bonds. The highest BCUT2D eigenvalue weighted by molar-refractivity contribution is 6.30. The molecule has 0 unspecified atom stereocenters. The van der Waals surface area contributed by atoms with Crippen molar-refractivity contribution in [2.45, 2.75) is 0 Å². The molecule has 0 radical (unpaired) electrons. The molecule has 6 nitrogen and oxygen atoms in total. The number of ether oxygens (including phenoxy) is 1. The van der Waals surface area contributed by atoms with E-state index in [9.17, 15) is 4.79 Å². The van der Waals surface area contributed by atoms with Crippen molar-refractivity contribution >= 4 is 40.0 Å². The monoisotopic (exact) mass is 390 g/mol. The number of aromatic nitrogens is 3. The van der Waals surface area contributed by atoms with Crippen molar-refractivity contribution in [1.82, 2.24) is 15.0 Å². The number of halogens is 1. The summed E-state index contributed by atoms with van der Waals surface area (Å²) in [7, 11) is 1.34. The Balaban J connectivity index is 1.77. The minimum atomic E-state index is -0.429. The molecule has 0 aliphatic rings. The van der Waals surface area contributed by atoms with Gasteiger partial charge in [0.1, 0.15) is 12.1 Å². The standard InChI is InChI=1S/C21H15ClN4O2/c1-28-21(27)15-7-14(10-23-11-15)13-5-6-19-18(8-13)20(25-12-24-19)26-17-4-2-3-16(22)9-17/h2-12H,1H3,(H,24,25,26). The van der Waals surface area contributed by atoms with E-state index in [0.29, 0.717) is 16.4 Å². The van der Waals surface area contributed by atoms with Gasteiger partial charge in [-0.05, 0) is 42.0 Å². The minimum absolute atomic E-state index is 0.390. The molecule has 0 fully saturated rings. The van der Waals surface area contributed by atoms with Gasteiger partial charge in [0, 0.05) is 34.1 Å². The zero-order valence-electron chi connectivity index (χ0n) is 14.9. The summed E-state index contributed by atoms with van der Waals surface area (Å²) in [5.74, 6) is 0.230. The number of nitrogens with zero attached hydrogens (tertiary/aromatic N) is 3.